The number of amides is 1. The highest BCUT2D eigenvalue weighted by atomic mass is 16.6. The molecule has 2 saturated heterocycles. The van der Waals surface area contributed by atoms with Gasteiger partial charge >= 0.3 is 17.9 Å². The molecule has 2 N–H and O–H groups in total. The minimum Gasteiger partial charge on any atom is -0.481 e. The van der Waals surface area contributed by atoms with E-state index in [0.717, 1.165) is 0 Å². The molecule has 0 aromatic heterocycles. The molecule has 6 unspecified atom stereocenters. The third kappa shape index (κ3) is 7.96. The Hall–Kier alpha value is -2.16. The first-order valence-corrected chi connectivity index (χ1v) is 12.3. The number of carbonyl (C=O) groups excluding carboxylic acids is 3. The number of ether oxygens (including phenoxy) is 3. The molecular formula is C25H41NO8. The standard InChI is InChI=1S/C25H41NO8/c1-7-16(20-24(31)34-13-25(20,5)6)9-17(21(27)26-14(2)3)10-18(22(28)29)8-15(4)23(30)33-12-19-11-32-19/h14-20H,7-13H2,1-6H3,(H,26,27)(H,28,29). The van der Waals surface area contributed by atoms with E-state index in [9.17, 15) is 24.3 Å². The number of carboxylic acids is 1. The van der Waals surface area contributed by atoms with Gasteiger partial charge in [0, 0.05) is 17.4 Å². The number of nitrogens with one attached hydrogen (secondary N) is 1. The van der Waals surface area contributed by atoms with Crippen molar-refractivity contribution < 1.29 is 38.5 Å². The van der Waals surface area contributed by atoms with Crippen molar-refractivity contribution in [1.82, 2.24) is 5.32 Å². The lowest BCUT2D eigenvalue weighted by Crippen LogP contribution is -2.40. The molecule has 34 heavy (non-hydrogen) atoms. The van der Waals surface area contributed by atoms with Crippen LogP contribution in [0, 0.1) is 35.0 Å². The Morgan fingerprint density at radius 3 is 2.26 bits per heavy atom. The number of epoxide rings is 1. The summed E-state index contributed by atoms with van der Waals surface area (Å²) in [6, 6.07) is -0.107. The van der Waals surface area contributed by atoms with Crippen molar-refractivity contribution in [2.75, 3.05) is 19.8 Å². The zero-order valence-corrected chi connectivity index (χ0v) is 21.3. The van der Waals surface area contributed by atoms with Gasteiger partial charge in [-0.25, -0.2) is 0 Å². The highest BCUT2D eigenvalue weighted by Crippen LogP contribution is 2.43. The van der Waals surface area contributed by atoms with Crippen molar-refractivity contribution in [2.24, 2.45) is 35.0 Å². The molecule has 0 aliphatic carbocycles. The molecule has 9 heteroatoms. The molecule has 0 saturated carbocycles. The van der Waals surface area contributed by atoms with Crippen molar-refractivity contribution in [3.8, 4) is 0 Å². The summed E-state index contributed by atoms with van der Waals surface area (Å²) in [6.45, 7) is 12.3. The third-order valence-electron chi connectivity index (χ3n) is 6.84. The van der Waals surface area contributed by atoms with Gasteiger partial charge in [-0.1, -0.05) is 34.1 Å². The van der Waals surface area contributed by atoms with E-state index in [1.807, 2.05) is 34.6 Å². The van der Waals surface area contributed by atoms with Crippen molar-refractivity contribution >= 4 is 23.8 Å². The number of aliphatic carboxylic acids is 1. The summed E-state index contributed by atoms with van der Waals surface area (Å²) in [7, 11) is 0. The second-order valence-corrected chi connectivity index (χ2v) is 10.8. The second-order valence-electron chi connectivity index (χ2n) is 10.8. The summed E-state index contributed by atoms with van der Waals surface area (Å²) in [6.07, 6.45) is 1.13. The van der Waals surface area contributed by atoms with Crippen LogP contribution in [0.3, 0.4) is 0 Å². The van der Waals surface area contributed by atoms with E-state index in [1.165, 1.54) is 0 Å². The lowest BCUT2D eigenvalue weighted by atomic mass is 9.69. The van der Waals surface area contributed by atoms with E-state index in [4.69, 9.17) is 14.2 Å². The Kier molecular flexibility index (Phi) is 9.91. The number of hydrogen-bond donors (Lipinski definition) is 2. The van der Waals surface area contributed by atoms with Gasteiger partial charge in [-0.2, -0.15) is 0 Å². The summed E-state index contributed by atoms with van der Waals surface area (Å²) in [4.78, 5) is 50.0. The predicted octanol–water partition coefficient (Wildman–Crippen LogP) is 2.80. The van der Waals surface area contributed by atoms with Gasteiger partial charge < -0.3 is 24.6 Å². The minimum absolute atomic E-state index is 0.0620. The molecule has 9 nitrogen and oxygen atoms in total. The minimum atomic E-state index is -1.05. The number of carbonyl (C=O) groups is 4. The Balaban J connectivity index is 2.14. The quantitative estimate of drug-likeness (QED) is 0.285. The van der Waals surface area contributed by atoms with Gasteiger partial charge in [0.1, 0.15) is 12.7 Å². The zero-order chi connectivity index (χ0) is 25.6. The molecule has 2 aliphatic rings. The molecular weight excluding hydrogens is 442 g/mol. The van der Waals surface area contributed by atoms with Gasteiger partial charge in [-0.15, -0.1) is 0 Å². The number of rotatable bonds is 14. The maximum Gasteiger partial charge on any atom is 0.309 e. The lowest BCUT2D eigenvalue weighted by molar-refractivity contribution is -0.151. The second kappa shape index (κ2) is 12.0. The van der Waals surface area contributed by atoms with Crippen molar-refractivity contribution in [1.29, 1.82) is 0 Å². The molecule has 194 valence electrons. The van der Waals surface area contributed by atoms with Gasteiger partial charge in [-0.05, 0) is 39.0 Å². The van der Waals surface area contributed by atoms with Crippen molar-refractivity contribution in [2.45, 2.75) is 79.4 Å². The van der Waals surface area contributed by atoms with Crippen LogP contribution in [0.2, 0.25) is 0 Å². The summed E-state index contributed by atoms with van der Waals surface area (Å²) in [5.74, 6) is -4.62. The molecule has 2 fully saturated rings. The van der Waals surface area contributed by atoms with E-state index in [0.29, 0.717) is 26.1 Å². The maximum absolute atomic E-state index is 13.1. The molecule has 0 aromatic rings. The predicted molar refractivity (Wildman–Crippen MR) is 124 cm³/mol. The van der Waals surface area contributed by atoms with Crippen LogP contribution in [0.4, 0.5) is 0 Å². The van der Waals surface area contributed by atoms with Crippen LogP contribution in [0.15, 0.2) is 0 Å². The molecule has 0 aromatic carbocycles. The average Bonchev–Trinajstić information content (AvgIpc) is 3.53. The molecule has 0 bridgehead atoms. The van der Waals surface area contributed by atoms with Gasteiger partial charge in [0.2, 0.25) is 5.91 Å². The topological polar surface area (TPSA) is 132 Å². The molecule has 0 spiro atoms. The zero-order valence-electron chi connectivity index (χ0n) is 21.3. The molecule has 0 radical (unpaired) electrons. The average molecular weight is 484 g/mol. The highest BCUT2D eigenvalue weighted by molar-refractivity contribution is 5.81. The summed E-state index contributed by atoms with van der Waals surface area (Å²) >= 11 is 0. The summed E-state index contributed by atoms with van der Waals surface area (Å²) in [5, 5.41) is 12.8. The largest absolute Gasteiger partial charge is 0.481 e. The van der Waals surface area contributed by atoms with Gasteiger partial charge in [0.25, 0.3) is 0 Å². The van der Waals surface area contributed by atoms with E-state index in [-0.39, 0.29) is 60.7 Å². The molecule has 1 amide bonds. The first-order chi connectivity index (χ1) is 15.9. The molecule has 2 heterocycles. The fourth-order valence-electron chi connectivity index (χ4n) is 4.85. The third-order valence-corrected chi connectivity index (χ3v) is 6.84. The number of carboxylic acid groups (broad SMARTS) is 1. The fourth-order valence-corrected chi connectivity index (χ4v) is 4.85. The SMILES string of the molecule is CCC(CC(CC(CC(C)C(=O)OCC1CO1)C(=O)O)C(=O)NC(C)C)C1C(=O)OCC1(C)C. The van der Waals surface area contributed by atoms with Crippen LogP contribution in [-0.2, 0) is 33.4 Å². The molecule has 2 rings (SSSR count). The number of cyclic esters (lactones) is 1. The smallest absolute Gasteiger partial charge is 0.309 e. The van der Waals surface area contributed by atoms with Crippen molar-refractivity contribution in [3.05, 3.63) is 0 Å². The van der Waals surface area contributed by atoms with Gasteiger partial charge in [0.05, 0.1) is 31.0 Å². The highest BCUT2D eigenvalue weighted by Gasteiger charge is 2.48. The van der Waals surface area contributed by atoms with E-state index >= 15 is 0 Å². The van der Waals surface area contributed by atoms with Gasteiger partial charge in [0.15, 0.2) is 0 Å². The Morgan fingerprint density at radius 1 is 1.15 bits per heavy atom. The maximum atomic E-state index is 13.1. The molecule has 2 aliphatic heterocycles. The Bertz CT molecular complexity index is 745. The molecule has 6 atom stereocenters. The summed E-state index contributed by atoms with van der Waals surface area (Å²) in [5.41, 5.74) is -0.355. The van der Waals surface area contributed by atoms with Gasteiger partial charge in [-0.3, -0.25) is 19.2 Å². The van der Waals surface area contributed by atoms with Crippen LogP contribution in [0.5, 0.6) is 0 Å². The van der Waals surface area contributed by atoms with Crippen LogP contribution in [0.1, 0.15) is 67.2 Å². The Labute approximate surface area is 202 Å². The lowest BCUT2D eigenvalue weighted by Gasteiger charge is -2.32. The van der Waals surface area contributed by atoms with Crippen LogP contribution in [0.25, 0.3) is 0 Å². The van der Waals surface area contributed by atoms with E-state index < -0.39 is 29.7 Å². The first-order valence-electron chi connectivity index (χ1n) is 12.3. The number of hydrogen-bond acceptors (Lipinski definition) is 7. The van der Waals surface area contributed by atoms with E-state index in [2.05, 4.69) is 5.32 Å². The normalized spacial score (nSPS) is 24.6. The van der Waals surface area contributed by atoms with E-state index in [1.54, 1.807) is 6.92 Å². The summed E-state index contributed by atoms with van der Waals surface area (Å²) < 4.78 is 15.6. The monoisotopic (exact) mass is 483 g/mol. The first kappa shape index (κ1) is 28.1. The van der Waals surface area contributed by atoms with Crippen LogP contribution >= 0.6 is 0 Å². The Morgan fingerprint density at radius 2 is 1.79 bits per heavy atom. The van der Waals surface area contributed by atoms with Crippen LogP contribution in [-0.4, -0.2) is 60.9 Å². The number of esters is 2. The fraction of sp³-hybridized carbons (Fsp3) is 0.840. The van der Waals surface area contributed by atoms with Crippen molar-refractivity contribution in [3.63, 3.8) is 0 Å². The van der Waals surface area contributed by atoms with Crippen LogP contribution < -0.4 is 5.32 Å².